The molecule has 1 atom stereocenters. The Morgan fingerprint density at radius 3 is 2.36 bits per heavy atom. The van der Waals surface area contributed by atoms with Crippen LogP contribution >= 0.6 is 0 Å². The molecule has 0 radical (unpaired) electrons. The minimum absolute atomic E-state index is 0.0222. The van der Waals surface area contributed by atoms with Crippen molar-refractivity contribution in [2.45, 2.75) is 57.5 Å². The molecule has 0 spiro atoms. The maximum Gasteiger partial charge on any atom is 0.316 e. The number of likely N-dealkylation sites (tertiary alicyclic amines) is 1. The third-order valence-corrected chi connectivity index (χ3v) is 6.97. The van der Waals surface area contributed by atoms with Crippen LogP contribution in [0.4, 0.5) is 0 Å². The monoisotopic (exact) mass is 341 g/mol. The molecule has 4 aliphatic carbocycles. The number of hydrogen-bond donors (Lipinski definition) is 0. The van der Waals surface area contributed by atoms with Gasteiger partial charge in [0.05, 0.1) is 12.0 Å². The van der Waals surface area contributed by atoms with Gasteiger partial charge < -0.3 is 9.64 Å². The lowest BCUT2D eigenvalue weighted by atomic mass is 9.49. The van der Waals surface area contributed by atoms with Gasteiger partial charge in [0.1, 0.15) is 6.10 Å². The Bertz CT molecular complexity index is 612. The van der Waals surface area contributed by atoms with E-state index in [0.29, 0.717) is 18.5 Å². The van der Waals surface area contributed by atoms with Crippen LogP contribution in [0.25, 0.3) is 0 Å². The summed E-state index contributed by atoms with van der Waals surface area (Å²) in [6.07, 6.45) is 13.0. The van der Waals surface area contributed by atoms with Gasteiger partial charge in [-0.1, -0.05) is 0 Å². The van der Waals surface area contributed by atoms with Crippen molar-refractivity contribution in [2.75, 3.05) is 13.1 Å². The van der Waals surface area contributed by atoms with Gasteiger partial charge in [0.25, 0.3) is 0 Å². The third kappa shape index (κ3) is 2.81. The Hall–Kier alpha value is -1.65. The summed E-state index contributed by atoms with van der Waals surface area (Å²) in [6, 6.07) is 2.22. The van der Waals surface area contributed by atoms with Crippen LogP contribution in [0.5, 0.6) is 6.01 Å². The average molecular weight is 341 g/mol. The minimum Gasteiger partial charge on any atom is -0.458 e. The van der Waals surface area contributed by atoms with E-state index in [0.717, 1.165) is 56.4 Å². The van der Waals surface area contributed by atoms with E-state index in [1.807, 2.05) is 0 Å². The number of rotatable bonds is 3. The first-order valence-corrected chi connectivity index (χ1v) is 9.93. The predicted octanol–water partition coefficient (Wildman–Crippen LogP) is 3.06. The van der Waals surface area contributed by atoms with Gasteiger partial charge in [-0.15, -0.1) is 0 Å². The molecule has 2 heterocycles. The van der Waals surface area contributed by atoms with E-state index in [4.69, 9.17) is 4.74 Å². The fraction of sp³-hybridized carbons (Fsp3) is 0.750. The Labute approximate surface area is 149 Å². The van der Waals surface area contributed by atoms with Crippen LogP contribution in [-0.4, -0.2) is 40.0 Å². The Morgan fingerprint density at radius 1 is 1.08 bits per heavy atom. The summed E-state index contributed by atoms with van der Waals surface area (Å²) < 4.78 is 5.94. The van der Waals surface area contributed by atoms with Gasteiger partial charge >= 0.3 is 6.01 Å². The van der Waals surface area contributed by atoms with Gasteiger partial charge in [-0.25, -0.2) is 9.97 Å². The molecule has 134 valence electrons. The number of amides is 1. The Morgan fingerprint density at radius 2 is 1.72 bits per heavy atom. The summed E-state index contributed by atoms with van der Waals surface area (Å²) in [6.45, 7) is 1.58. The molecule has 4 bridgehead atoms. The normalized spacial score (nSPS) is 39.4. The number of nitrogens with zero attached hydrogens (tertiary/aromatic N) is 3. The molecule has 1 aromatic rings. The maximum absolute atomic E-state index is 13.5. The van der Waals surface area contributed by atoms with Crippen molar-refractivity contribution >= 4 is 5.91 Å². The molecule has 1 aliphatic heterocycles. The van der Waals surface area contributed by atoms with Crippen LogP contribution in [-0.2, 0) is 4.79 Å². The first kappa shape index (κ1) is 15.6. The molecule has 1 unspecified atom stereocenters. The van der Waals surface area contributed by atoms with Crippen molar-refractivity contribution in [3.63, 3.8) is 0 Å². The third-order valence-electron chi connectivity index (χ3n) is 6.97. The molecule has 4 saturated carbocycles. The van der Waals surface area contributed by atoms with Crippen LogP contribution in [0.1, 0.15) is 51.4 Å². The summed E-state index contributed by atoms with van der Waals surface area (Å²) in [5, 5.41) is 0. The molecule has 5 heteroatoms. The number of hydrogen-bond acceptors (Lipinski definition) is 4. The Balaban J connectivity index is 1.29. The quantitative estimate of drug-likeness (QED) is 0.848. The van der Waals surface area contributed by atoms with Gasteiger partial charge in [-0.2, -0.15) is 0 Å². The van der Waals surface area contributed by atoms with Crippen molar-refractivity contribution in [3.05, 3.63) is 18.5 Å². The van der Waals surface area contributed by atoms with E-state index in [1.165, 1.54) is 19.3 Å². The van der Waals surface area contributed by atoms with Crippen molar-refractivity contribution in [2.24, 2.45) is 23.2 Å². The standard InChI is InChI=1S/C20H27N3O2/c24-18(20-10-14-7-15(11-20)9-16(8-14)12-20)23-6-1-3-17(13-23)25-19-21-4-2-5-22-19/h2,4-5,14-17H,1,3,6-13H2. The van der Waals surface area contributed by atoms with Gasteiger partial charge in [0, 0.05) is 18.9 Å². The summed E-state index contributed by atoms with van der Waals surface area (Å²) in [4.78, 5) is 23.9. The lowest BCUT2D eigenvalue weighted by molar-refractivity contribution is -0.160. The minimum atomic E-state index is -0.0418. The fourth-order valence-electron chi connectivity index (χ4n) is 6.42. The summed E-state index contributed by atoms with van der Waals surface area (Å²) in [5.41, 5.74) is -0.0418. The van der Waals surface area contributed by atoms with Gasteiger partial charge in [-0.3, -0.25) is 4.79 Å². The number of aromatic nitrogens is 2. The molecule has 1 aromatic heterocycles. The van der Waals surface area contributed by atoms with E-state index >= 15 is 0 Å². The van der Waals surface area contributed by atoms with Crippen molar-refractivity contribution in [1.29, 1.82) is 0 Å². The molecule has 5 aliphatic rings. The van der Waals surface area contributed by atoms with Gasteiger partial charge in [-0.05, 0) is 75.2 Å². The number of carbonyl (C=O) groups is 1. The van der Waals surface area contributed by atoms with Crippen LogP contribution < -0.4 is 4.74 Å². The topological polar surface area (TPSA) is 55.3 Å². The van der Waals surface area contributed by atoms with Crippen LogP contribution in [0, 0.1) is 23.2 Å². The highest BCUT2D eigenvalue weighted by molar-refractivity contribution is 5.83. The number of ether oxygens (including phenoxy) is 1. The van der Waals surface area contributed by atoms with E-state index in [2.05, 4.69) is 14.9 Å². The van der Waals surface area contributed by atoms with Crippen LogP contribution in [0.3, 0.4) is 0 Å². The van der Waals surface area contributed by atoms with Crippen LogP contribution in [0.15, 0.2) is 18.5 Å². The van der Waals surface area contributed by atoms with E-state index in [-0.39, 0.29) is 11.5 Å². The SMILES string of the molecule is O=C(N1CCCC(Oc2ncccn2)C1)C12CC3CC(CC(C3)C1)C2. The predicted molar refractivity (Wildman–Crippen MR) is 92.9 cm³/mol. The van der Waals surface area contributed by atoms with Gasteiger partial charge in [0.2, 0.25) is 5.91 Å². The molecule has 0 N–H and O–H groups in total. The maximum atomic E-state index is 13.5. The largest absolute Gasteiger partial charge is 0.458 e. The second kappa shape index (κ2) is 5.96. The second-order valence-corrected chi connectivity index (χ2v) is 8.86. The van der Waals surface area contributed by atoms with Gasteiger partial charge in [0.15, 0.2) is 0 Å². The zero-order chi connectivity index (χ0) is 16.9. The lowest BCUT2D eigenvalue weighted by Crippen LogP contribution is -2.57. The first-order valence-electron chi connectivity index (χ1n) is 9.93. The highest BCUT2D eigenvalue weighted by Crippen LogP contribution is 2.60. The molecule has 0 aromatic carbocycles. The van der Waals surface area contributed by atoms with Crippen LogP contribution in [0.2, 0.25) is 0 Å². The zero-order valence-corrected chi connectivity index (χ0v) is 14.8. The number of piperidine rings is 1. The van der Waals surface area contributed by atoms with E-state index in [9.17, 15) is 4.79 Å². The average Bonchev–Trinajstić information content (AvgIpc) is 2.61. The van der Waals surface area contributed by atoms with E-state index < -0.39 is 0 Å². The zero-order valence-electron chi connectivity index (χ0n) is 14.8. The highest BCUT2D eigenvalue weighted by atomic mass is 16.5. The summed E-state index contributed by atoms with van der Waals surface area (Å²) >= 11 is 0. The molecule has 6 rings (SSSR count). The summed E-state index contributed by atoms with van der Waals surface area (Å²) in [5.74, 6) is 2.85. The fourth-order valence-corrected chi connectivity index (χ4v) is 6.42. The smallest absolute Gasteiger partial charge is 0.316 e. The van der Waals surface area contributed by atoms with Crippen molar-refractivity contribution < 1.29 is 9.53 Å². The summed E-state index contributed by atoms with van der Waals surface area (Å²) in [7, 11) is 0. The lowest BCUT2D eigenvalue weighted by Gasteiger charge is -2.57. The molecule has 5 nitrogen and oxygen atoms in total. The van der Waals surface area contributed by atoms with E-state index in [1.54, 1.807) is 18.5 Å². The molecule has 5 fully saturated rings. The highest BCUT2D eigenvalue weighted by Gasteiger charge is 2.55. The Kier molecular flexibility index (Phi) is 3.72. The van der Waals surface area contributed by atoms with Crippen molar-refractivity contribution in [3.8, 4) is 6.01 Å². The molecular weight excluding hydrogens is 314 g/mol. The molecule has 25 heavy (non-hydrogen) atoms. The number of carbonyl (C=O) groups excluding carboxylic acids is 1. The first-order chi connectivity index (χ1) is 12.2. The molecular formula is C20H27N3O2. The molecule has 1 saturated heterocycles. The second-order valence-electron chi connectivity index (χ2n) is 8.86. The van der Waals surface area contributed by atoms with Crippen molar-refractivity contribution in [1.82, 2.24) is 14.9 Å². The molecule has 1 amide bonds.